The molecule has 0 bridgehead atoms. The maximum Gasteiger partial charge on any atom is 0.216 e. The molecule has 0 saturated heterocycles. The quantitative estimate of drug-likeness (QED) is 0.205. The minimum atomic E-state index is -0.150. The molecule has 0 aromatic carbocycles. The molecule has 0 amide bonds. The van der Waals surface area contributed by atoms with Crippen molar-refractivity contribution in [2.24, 2.45) is 0 Å². The Balaban J connectivity index is -0.000000180. The molecule has 0 aliphatic rings. The minimum absolute atomic E-state index is 0. The number of rotatable bonds is 1. The van der Waals surface area contributed by atoms with Gasteiger partial charge in [0.05, 0.1) is 0 Å². The Labute approximate surface area is 90.4 Å². The topological polar surface area (TPSA) is 44.5 Å². The Bertz CT molecular complexity index is 108. The molecule has 0 fully saturated rings. The third kappa shape index (κ3) is 8.83. The van der Waals surface area contributed by atoms with Crippen LogP contribution in [0.5, 0.6) is 0 Å². The van der Waals surface area contributed by atoms with Crippen LogP contribution in [0.15, 0.2) is 11.3 Å². The van der Waals surface area contributed by atoms with E-state index in [-0.39, 0.29) is 61.1 Å². The van der Waals surface area contributed by atoms with E-state index in [0.29, 0.717) is 0 Å². The van der Waals surface area contributed by atoms with Crippen LogP contribution in [0, 0.1) is 0 Å². The zero-order chi connectivity index (χ0) is 5.86. The van der Waals surface area contributed by atoms with Crippen LogP contribution in [-0.4, -0.2) is 11.1 Å². The van der Waals surface area contributed by atoms with Crippen LogP contribution in [-0.2, 0) is 49.8 Å². The third-order valence-electron chi connectivity index (χ3n) is 0.696. The van der Waals surface area contributed by atoms with Gasteiger partial charge in [-0.25, -0.2) is 0 Å². The Morgan fingerprint density at radius 2 is 1.78 bits per heavy atom. The third-order valence-corrected chi connectivity index (χ3v) is 0.696. The fourth-order valence-corrected chi connectivity index (χ4v) is 0.0787. The van der Waals surface area contributed by atoms with E-state index >= 15 is 0 Å². The molecule has 2 nitrogen and oxygen atoms in total. The normalized spacial score (nSPS) is 10.0. The number of hydrogen-bond acceptors (Lipinski definition) is 1. The van der Waals surface area contributed by atoms with Crippen LogP contribution < -0.4 is 5.11 Å². The zero-order valence-electron chi connectivity index (χ0n) is 5.31. The maximum atomic E-state index is 10.1. The Kier molecular flexibility index (Phi) is 16.1. The Morgan fingerprint density at radius 3 is 1.78 bits per heavy atom. The molecule has 0 atom stereocenters. The zero-order valence-corrected chi connectivity index (χ0v) is 9.33. The SMILES string of the molecule is C/C([O-])=C(\C)[C-]=[OH+].[Mn].[Y]. The second-order valence-electron chi connectivity index (χ2n) is 1.29. The fourth-order valence-electron chi connectivity index (χ4n) is 0.0787. The summed E-state index contributed by atoms with van der Waals surface area (Å²) >= 11 is 0. The first-order chi connectivity index (χ1) is 3.18. The molecule has 0 aromatic rings. The molecule has 0 saturated carbocycles. The standard InChI is InChI=1S/C5H8O2.Mn.Y/c1-4(3-6)5(2)7;;/h6-7H,1-2H3;;/p-1/b5-4-;;. The minimum Gasteiger partial charge on any atom is -0.956 e. The average Bonchev–Trinajstić information content (AvgIpc) is 1.65. The summed E-state index contributed by atoms with van der Waals surface area (Å²) in [6, 6.07) is 0. The molecule has 0 rings (SSSR count). The fraction of sp³-hybridized carbons (Fsp3) is 0.400. The van der Waals surface area contributed by atoms with Gasteiger partial charge in [-0.3, -0.25) is 0 Å². The summed E-state index contributed by atoms with van der Waals surface area (Å²) in [4.78, 5) is 8.00. The summed E-state index contributed by atoms with van der Waals surface area (Å²) in [7, 11) is 0. The average molecular weight is 243 g/mol. The van der Waals surface area contributed by atoms with E-state index < -0.39 is 0 Å². The van der Waals surface area contributed by atoms with Gasteiger partial charge < -0.3 is 15.7 Å². The van der Waals surface area contributed by atoms with E-state index in [1.165, 1.54) is 13.8 Å². The molecule has 1 N–H and O–H groups in total. The van der Waals surface area contributed by atoms with Gasteiger partial charge in [-0.2, -0.15) is 0 Å². The van der Waals surface area contributed by atoms with Crippen molar-refractivity contribution in [1.82, 2.24) is 0 Å². The molecule has 0 spiro atoms. The van der Waals surface area contributed by atoms with Gasteiger partial charge in [0.15, 0.2) is 0 Å². The smallest absolute Gasteiger partial charge is 0.216 e. The van der Waals surface area contributed by atoms with Crippen molar-refractivity contribution in [1.29, 1.82) is 0 Å². The van der Waals surface area contributed by atoms with Gasteiger partial charge in [-0.05, 0) is 0 Å². The van der Waals surface area contributed by atoms with Crippen LogP contribution in [0.25, 0.3) is 0 Å². The van der Waals surface area contributed by atoms with Crippen molar-refractivity contribution in [3.63, 3.8) is 0 Å². The van der Waals surface area contributed by atoms with Gasteiger partial charge in [0.1, 0.15) is 0 Å². The largest absolute Gasteiger partial charge is 0.956 e. The van der Waals surface area contributed by atoms with Crippen molar-refractivity contribution in [2.45, 2.75) is 13.8 Å². The van der Waals surface area contributed by atoms with Crippen molar-refractivity contribution < 1.29 is 59.7 Å². The van der Waals surface area contributed by atoms with E-state index in [0.717, 1.165) is 0 Å². The first-order valence-corrected chi connectivity index (χ1v) is 1.93. The summed E-state index contributed by atoms with van der Waals surface area (Å²) in [6.07, 6.45) is 1.73. The second kappa shape index (κ2) is 8.83. The summed E-state index contributed by atoms with van der Waals surface area (Å²) < 4.78 is 0. The molecule has 0 aromatic heterocycles. The molecule has 50 valence electrons. The summed E-state index contributed by atoms with van der Waals surface area (Å²) in [5, 5.41) is 10.1. The maximum absolute atomic E-state index is 10.1. The number of allylic oxidation sites excluding steroid dienone is 2. The van der Waals surface area contributed by atoms with E-state index in [9.17, 15) is 5.11 Å². The second-order valence-corrected chi connectivity index (χ2v) is 1.29. The summed E-state index contributed by atoms with van der Waals surface area (Å²) in [5.74, 6) is -0.150. The number of hydrogen-bond donors (Lipinski definition) is 0. The molecular weight excluding hydrogens is 236 g/mol. The van der Waals surface area contributed by atoms with E-state index in [1.54, 1.807) is 6.29 Å². The van der Waals surface area contributed by atoms with Crippen molar-refractivity contribution in [3.05, 3.63) is 11.3 Å². The van der Waals surface area contributed by atoms with E-state index in [1.807, 2.05) is 0 Å². The van der Waals surface area contributed by atoms with E-state index in [2.05, 4.69) is 0 Å². The molecule has 2 radical (unpaired) electrons. The predicted octanol–water partition coefficient (Wildman–Crippen LogP) is -0.313. The van der Waals surface area contributed by atoms with Crippen molar-refractivity contribution >= 4 is 6.29 Å². The van der Waals surface area contributed by atoms with Gasteiger partial charge in [-0.15, -0.1) is 12.5 Å². The van der Waals surface area contributed by atoms with Gasteiger partial charge in [0, 0.05) is 49.8 Å². The van der Waals surface area contributed by atoms with Crippen LogP contribution in [0.3, 0.4) is 0 Å². The van der Waals surface area contributed by atoms with Crippen LogP contribution in [0.1, 0.15) is 13.8 Å². The predicted molar refractivity (Wildman–Crippen MR) is 25.3 cm³/mol. The molecule has 9 heavy (non-hydrogen) atoms. The molecule has 0 heterocycles. The van der Waals surface area contributed by atoms with Gasteiger partial charge in [0.2, 0.25) is 6.29 Å². The van der Waals surface area contributed by atoms with Crippen molar-refractivity contribution in [2.75, 3.05) is 0 Å². The summed E-state index contributed by atoms with van der Waals surface area (Å²) in [5.41, 5.74) is 0.264. The monoisotopic (exact) mass is 243 g/mol. The molecular formula is C5H7MnO2Y-. The van der Waals surface area contributed by atoms with Crippen LogP contribution in [0.2, 0.25) is 0 Å². The van der Waals surface area contributed by atoms with E-state index in [4.69, 9.17) is 4.79 Å². The van der Waals surface area contributed by atoms with Crippen LogP contribution in [0.4, 0.5) is 0 Å². The van der Waals surface area contributed by atoms with Gasteiger partial charge in [0.25, 0.3) is 0 Å². The first kappa shape index (κ1) is 16.4. The Morgan fingerprint density at radius 1 is 1.44 bits per heavy atom. The van der Waals surface area contributed by atoms with Gasteiger partial charge >= 0.3 is 0 Å². The summed E-state index contributed by atoms with van der Waals surface area (Å²) in [6.45, 7) is 2.88. The molecule has 4 heteroatoms. The first-order valence-electron chi connectivity index (χ1n) is 1.93. The van der Waals surface area contributed by atoms with Gasteiger partial charge in [-0.1, -0.05) is 6.92 Å². The molecule has 0 aliphatic heterocycles. The van der Waals surface area contributed by atoms with Crippen molar-refractivity contribution in [3.8, 4) is 0 Å². The van der Waals surface area contributed by atoms with Crippen LogP contribution >= 0.6 is 0 Å². The number of carbonyl (C=O) groups excluding carboxylic acids is 1. The molecule has 0 aliphatic carbocycles. The molecule has 0 unspecified atom stereocenters. The Hall–Kier alpha value is 0.833.